The zero-order valence-corrected chi connectivity index (χ0v) is 19.0. The minimum Gasteiger partial charge on any atom is -0.341 e. The topological polar surface area (TPSA) is 113 Å². The zero-order chi connectivity index (χ0) is 22.5. The van der Waals surface area contributed by atoms with E-state index in [0.717, 1.165) is 51.9 Å². The Hall–Kier alpha value is -2.72. The van der Waals surface area contributed by atoms with Gasteiger partial charge in [0.2, 0.25) is 17.8 Å². The van der Waals surface area contributed by atoms with Crippen LogP contribution in [0.1, 0.15) is 44.1 Å². The van der Waals surface area contributed by atoms with Crippen molar-refractivity contribution in [2.45, 2.75) is 38.5 Å². The first-order chi connectivity index (χ1) is 15.5. The lowest BCUT2D eigenvalue weighted by Crippen LogP contribution is -2.34. The van der Waals surface area contributed by atoms with Crippen molar-refractivity contribution in [1.29, 1.82) is 0 Å². The summed E-state index contributed by atoms with van der Waals surface area (Å²) in [5, 5.41) is 15.5. The number of hydrogen-bond donors (Lipinski definition) is 1. The van der Waals surface area contributed by atoms with E-state index < -0.39 is 4.92 Å². The molecule has 3 heterocycles. The average molecular weight is 479 g/mol. The van der Waals surface area contributed by atoms with Gasteiger partial charge in [-0.1, -0.05) is 23.2 Å². The minimum atomic E-state index is -0.564. The first-order valence-electron chi connectivity index (χ1n) is 10.7. The van der Waals surface area contributed by atoms with Gasteiger partial charge in [0.05, 0.1) is 16.2 Å². The first kappa shape index (κ1) is 22.5. The third-order valence-corrected chi connectivity index (χ3v) is 6.15. The van der Waals surface area contributed by atoms with Crippen LogP contribution < -0.4 is 15.2 Å². The number of nitro benzene ring substituents is 1. The molecule has 1 N–H and O–H groups in total. The van der Waals surface area contributed by atoms with E-state index in [1.165, 1.54) is 31.2 Å². The van der Waals surface area contributed by atoms with Gasteiger partial charge in [-0.2, -0.15) is 20.1 Å². The fraction of sp³-hybridized carbons (Fsp3) is 0.500. The summed E-state index contributed by atoms with van der Waals surface area (Å²) in [5.41, 5.74) is 2.95. The summed E-state index contributed by atoms with van der Waals surface area (Å²) in [7, 11) is 0. The molecule has 2 fully saturated rings. The summed E-state index contributed by atoms with van der Waals surface area (Å²) < 4.78 is 0. The Morgan fingerprint density at radius 3 is 2.00 bits per heavy atom. The highest BCUT2D eigenvalue weighted by Gasteiger charge is 2.20. The molecule has 0 aliphatic carbocycles. The van der Waals surface area contributed by atoms with Crippen LogP contribution in [0.2, 0.25) is 10.0 Å². The second-order valence-electron chi connectivity index (χ2n) is 7.81. The molecule has 0 bridgehead atoms. The number of benzene rings is 1. The number of nitrogens with one attached hydrogen (secondary N) is 1. The lowest BCUT2D eigenvalue weighted by Gasteiger charge is -2.30. The molecule has 0 atom stereocenters. The maximum atomic E-state index is 11.1. The highest BCUT2D eigenvalue weighted by Crippen LogP contribution is 2.30. The number of rotatable bonds is 6. The summed E-state index contributed by atoms with van der Waals surface area (Å²) in [4.78, 5) is 28.8. The highest BCUT2D eigenvalue weighted by atomic mass is 35.5. The summed E-state index contributed by atoms with van der Waals surface area (Å²) in [5.74, 6) is 1.59. The molecule has 32 heavy (non-hydrogen) atoms. The number of piperidine rings is 2. The van der Waals surface area contributed by atoms with Crippen molar-refractivity contribution in [2.24, 2.45) is 5.10 Å². The van der Waals surface area contributed by atoms with Crippen LogP contribution in [0.4, 0.5) is 23.5 Å². The molecule has 1 aromatic heterocycles. The minimum absolute atomic E-state index is 0.0278. The van der Waals surface area contributed by atoms with Crippen molar-refractivity contribution in [2.75, 3.05) is 41.4 Å². The third-order valence-electron chi connectivity index (χ3n) is 5.52. The molecule has 2 saturated heterocycles. The molecule has 12 heteroatoms. The van der Waals surface area contributed by atoms with E-state index in [0.29, 0.717) is 23.4 Å². The normalized spacial score (nSPS) is 17.1. The van der Waals surface area contributed by atoms with Crippen LogP contribution in [-0.2, 0) is 0 Å². The molecule has 2 aliphatic rings. The fourth-order valence-electron chi connectivity index (χ4n) is 3.83. The van der Waals surface area contributed by atoms with Gasteiger partial charge in [-0.25, -0.2) is 5.43 Å². The number of aromatic nitrogens is 3. The Bertz CT molecular complexity index is 971. The molecule has 10 nitrogen and oxygen atoms in total. The Balaban J connectivity index is 1.58. The van der Waals surface area contributed by atoms with E-state index in [9.17, 15) is 10.1 Å². The second kappa shape index (κ2) is 10.3. The number of hydrogen-bond acceptors (Lipinski definition) is 9. The SMILES string of the molecule is O=[N+]([O-])c1cc(/C=N/Nc2nc(N3CCCCC3)nc(N3CCCCC3)n2)c(Cl)cc1Cl. The van der Waals surface area contributed by atoms with Crippen molar-refractivity contribution < 1.29 is 4.92 Å². The molecule has 0 unspecified atom stereocenters. The van der Waals surface area contributed by atoms with Gasteiger partial charge in [0.15, 0.2) is 0 Å². The van der Waals surface area contributed by atoms with Gasteiger partial charge in [-0.05, 0) is 44.6 Å². The van der Waals surface area contributed by atoms with Crippen LogP contribution in [0, 0.1) is 10.1 Å². The van der Waals surface area contributed by atoms with Gasteiger partial charge in [0, 0.05) is 37.8 Å². The maximum Gasteiger partial charge on any atom is 0.288 e. The van der Waals surface area contributed by atoms with E-state index in [1.54, 1.807) is 0 Å². The maximum absolute atomic E-state index is 11.1. The Morgan fingerprint density at radius 2 is 1.47 bits per heavy atom. The summed E-state index contributed by atoms with van der Waals surface area (Å²) in [6, 6.07) is 2.61. The van der Waals surface area contributed by atoms with Crippen LogP contribution in [0.25, 0.3) is 0 Å². The average Bonchev–Trinajstić information content (AvgIpc) is 2.81. The number of nitro groups is 1. The molecule has 0 amide bonds. The zero-order valence-electron chi connectivity index (χ0n) is 17.5. The van der Waals surface area contributed by atoms with Crippen LogP contribution in [0.5, 0.6) is 0 Å². The van der Waals surface area contributed by atoms with Crippen molar-refractivity contribution in [3.63, 3.8) is 0 Å². The van der Waals surface area contributed by atoms with Crippen LogP contribution in [0.3, 0.4) is 0 Å². The predicted octanol–water partition coefficient (Wildman–Crippen LogP) is 4.51. The molecule has 0 saturated carbocycles. The molecule has 0 spiro atoms. The van der Waals surface area contributed by atoms with Crippen molar-refractivity contribution in [1.82, 2.24) is 15.0 Å². The summed E-state index contributed by atoms with van der Waals surface area (Å²) in [6.45, 7) is 3.65. The summed E-state index contributed by atoms with van der Waals surface area (Å²) in [6.07, 6.45) is 8.25. The van der Waals surface area contributed by atoms with E-state index >= 15 is 0 Å². The highest BCUT2D eigenvalue weighted by molar-refractivity contribution is 6.37. The fourth-order valence-corrected chi connectivity index (χ4v) is 4.33. The molecular weight excluding hydrogens is 455 g/mol. The van der Waals surface area contributed by atoms with Crippen LogP contribution in [0.15, 0.2) is 17.2 Å². The molecule has 170 valence electrons. The van der Waals surface area contributed by atoms with Gasteiger partial charge in [0.1, 0.15) is 5.02 Å². The Morgan fingerprint density at radius 1 is 0.906 bits per heavy atom. The third kappa shape index (κ3) is 5.36. The van der Waals surface area contributed by atoms with Gasteiger partial charge in [-0.15, -0.1) is 0 Å². The molecule has 4 rings (SSSR count). The smallest absolute Gasteiger partial charge is 0.288 e. The van der Waals surface area contributed by atoms with E-state index in [2.05, 4.69) is 30.3 Å². The van der Waals surface area contributed by atoms with Crippen molar-refractivity contribution in [3.05, 3.63) is 37.9 Å². The van der Waals surface area contributed by atoms with E-state index in [-0.39, 0.29) is 15.7 Å². The molecular formula is C20H24Cl2N8O2. The lowest BCUT2D eigenvalue weighted by molar-refractivity contribution is -0.384. The first-order valence-corrected chi connectivity index (χ1v) is 11.5. The molecule has 2 aliphatic heterocycles. The van der Waals surface area contributed by atoms with Gasteiger partial charge in [0.25, 0.3) is 5.69 Å². The largest absolute Gasteiger partial charge is 0.341 e. The molecule has 1 aromatic carbocycles. The summed E-state index contributed by atoms with van der Waals surface area (Å²) >= 11 is 12.0. The van der Waals surface area contributed by atoms with Crippen molar-refractivity contribution in [3.8, 4) is 0 Å². The van der Waals surface area contributed by atoms with Gasteiger partial charge in [-0.3, -0.25) is 10.1 Å². The van der Waals surface area contributed by atoms with E-state index in [4.69, 9.17) is 28.2 Å². The second-order valence-corrected chi connectivity index (χ2v) is 8.62. The quantitative estimate of drug-likeness (QED) is 0.366. The predicted molar refractivity (Wildman–Crippen MR) is 126 cm³/mol. The number of nitrogens with zero attached hydrogens (tertiary/aromatic N) is 7. The Kier molecular flexibility index (Phi) is 7.21. The van der Waals surface area contributed by atoms with E-state index in [1.807, 2.05) is 0 Å². The number of anilines is 3. The van der Waals surface area contributed by atoms with Crippen LogP contribution >= 0.6 is 23.2 Å². The monoisotopic (exact) mass is 478 g/mol. The number of hydrazone groups is 1. The molecule has 0 radical (unpaired) electrons. The number of halogens is 2. The van der Waals surface area contributed by atoms with Crippen molar-refractivity contribution >= 4 is 52.9 Å². The standard InChI is InChI=1S/C20H24Cl2N8O2/c21-15-12-16(22)17(30(31)32)11-14(15)13-23-27-18-24-19(28-7-3-1-4-8-28)26-20(25-18)29-9-5-2-6-10-29/h11-13H,1-10H2,(H,24,25,26,27)/b23-13+. The van der Waals surface area contributed by atoms with Crippen LogP contribution in [-0.4, -0.2) is 52.3 Å². The van der Waals surface area contributed by atoms with Gasteiger partial charge < -0.3 is 9.80 Å². The molecule has 2 aromatic rings. The van der Waals surface area contributed by atoms with Gasteiger partial charge >= 0.3 is 0 Å². The lowest BCUT2D eigenvalue weighted by atomic mass is 10.1. The Labute approximate surface area is 195 Å².